The predicted molar refractivity (Wildman–Crippen MR) is 131 cm³/mol. The van der Waals surface area contributed by atoms with Gasteiger partial charge in [0.05, 0.1) is 53.1 Å². The lowest BCUT2D eigenvalue weighted by atomic mass is 10.1. The van der Waals surface area contributed by atoms with Crippen molar-refractivity contribution in [1.29, 1.82) is 0 Å². The van der Waals surface area contributed by atoms with Gasteiger partial charge in [0.1, 0.15) is 5.52 Å². The van der Waals surface area contributed by atoms with Crippen LogP contribution in [-0.4, -0.2) is 59.8 Å². The summed E-state index contributed by atoms with van der Waals surface area (Å²) in [5.41, 5.74) is 2.46. The summed E-state index contributed by atoms with van der Waals surface area (Å²) in [4.78, 5) is 13.3. The van der Waals surface area contributed by atoms with E-state index < -0.39 is 11.9 Å². The van der Waals surface area contributed by atoms with Crippen LogP contribution >= 0.6 is 11.6 Å². The van der Waals surface area contributed by atoms with Crippen molar-refractivity contribution in [2.45, 2.75) is 38.5 Å². The molecule has 184 valence electrons. The van der Waals surface area contributed by atoms with E-state index in [1.165, 1.54) is 12.3 Å². The zero-order valence-electron chi connectivity index (χ0n) is 19.5. The van der Waals surface area contributed by atoms with E-state index in [4.69, 9.17) is 16.3 Å². The van der Waals surface area contributed by atoms with E-state index in [0.717, 1.165) is 5.69 Å². The molecular weight excluding hydrogens is 475 g/mol. The maximum absolute atomic E-state index is 15.3. The topological polar surface area (TPSA) is 115 Å². The second-order valence-corrected chi connectivity index (χ2v) is 9.23. The first kappa shape index (κ1) is 23.5. The number of halogens is 2. The molecule has 1 saturated heterocycles. The van der Waals surface area contributed by atoms with Gasteiger partial charge in [0.15, 0.2) is 5.82 Å². The second-order valence-electron chi connectivity index (χ2n) is 8.82. The van der Waals surface area contributed by atoms with Crippen LogP contribution in [0, 0.1) is 5.82 Å². The standard InChI is InChI=1S/C23H26ClFN8O2/c1-12(2)33-18-7-13(6-16(25)21(18)31-23(33)28-14-8-27-32(3)10-14)20-15(24)9-26-22(30-20)29-17-4-5-35-11-19(17)34/h6-10,12,17,19,34H,4-5,11H2,1-3H3,(H,28,31)(H,26,29,30)/t17-,19-/m1/s1. The lowest BCUT2D eigenvalue weighted by molar-refractivity contribution is -0.0136. The number of aliphatic hydroxyl groups is 1. The van der Waals surface area contributed by atoms with E-state index in [9.17, 15) is 5.11 Å². The molecule has 4 aromatic rings. The Bertz CT molecular complexity index is 1370. The number of aryl methyl sites for hydroxylation is 1. The van der Waals surface area contributed by atoms with Crippen LogP contribution in [0.25, 0.3) is 22.3 Å². The highest BCUT2D eigenvalue weighted by atomic mass is 35.5. The first-order chi connectivity index (χ1) is 16.8. The summed E-state index contributed by atoms with van der Waals surface area (Å²) in [6.07, 6.45) is 4.90. The van der Waals surface area contributed by atoms with Crippen molar-refractivity contribution < 1.29 is 14.2 Å². The minimum atomic E-state index is -0.675. The van der Waals surface area contributed by atoms with Crippen LogP contribution in [-0.2, 0) is 11.8 Å². The Labute approximate surface area is 206 Å². The van der Waals surface area contributed by atoms with E-state index in [2.05, 4.69) is 30.7 Å². The van der Waals surface area contributed by atoms with Gasteiger partial charge >= 0.3 is 0 Å². The fraction of sp³-hybridized carbons (Fsp3) is 0.391. The van der Waals surface area contributed by atoms with Crippen molar-refractivity contribution in [1.82, 2.24) is 29.3 Å². The Morgan fingerprint density at radius 2 is 2.09 bits per heavy atom. The molecule has 5 rings (SSSR count). The molecule has 1 aliphatic heterocycles. The Morgan fingerprint density at radius 1 is 1.26 bits per heavy atom. The Balaban J connectivity index is 1.55. The molecule has 3 N–H and O–H groups in total. The average Bonchev–Trinajstić information content (AvgIpc) is 3.39. The lowest BCUT2D eigenvalue weighted by Crippen LogP contribution is -2.42. The average molecular weight is 501 g/mol. The number of nitrogens with one attached hydrogen (secondary N) is 2. The van der Waals surface area contributed by atoms with Gasteiger partial charge in [-0.25, -0.2) is 19.3 Å². The van der Waals surface area contributed by atoms with Gasteiger partial charge in [-0.2, -0.15) is 5.10 Å². The summed E-state index contributed by atoms with van der Waals surface area (Å²) in [6, 6.07) is 2.93. The highest BCUT2D eigenvalue weighted by Gasteiger charge is 2.25. The van der Waals surface area contributed by atoms with E-state index in [1.54, 1.807) is 10.9 Å². The maximum Gasteiger partial charge on any atom is 0.223 e. The molecule has 4 heterocycles. The van der Waals surface area contributed by atoms with Gasteiger partial charge < -0.3 is 25.0 Å². The van der Waals surface area contributed by atoms with Gasteiger partial charge in [0.2, 0.25) is 11.9 Å². The van der Waals surface area contributed by atoms with Crippen LogP contribution in [0.15, 0.2) is 30.7 Å². The van der Waals surface area contributed by atoms with Crippen LogP contribution < -0.4 is 10.6 Å². The van der Waals surface area contributed by atoms with Crippen molar-refractivity contribution in [3.63, 3.8) is 0 Å². The molecule has 0 bridgehead atoms. The van der Waals surface area contributed by atoms with Crippen LogP contribution in [0.5, 0.6) is 0 Å². The summed E-state index contributed by atoms with van der Waals surface area (Å²) >= 11 is 6.43. The monoisotopic (exact) mass is 500 g/mol. The maximum atomic E-state index is 15.3. The predicted octanol–water partition coefficient (Wildman–Crippen LogP) is 3.91. The number of hydrogen-bond donors (Lipinski definition) is 3. The second kappa shape index (κ2) is 9.40. The SMILES string of the molecule is CC(C)n1c(Nc2cnn(C)c2)nc2c(F)cc(-c3nc(N[C@@H]4CCOC[C@H]4O)ncc3Cl)cc21. The first-order valence-corrected chi connectivity index (χ1v) is 11.7. The lowest BCUT2D eigenvalue weighted by Gasteiger charge is -2.28. The molecule has 1 aromatic carbocycles. The molecule has 1 fully saturated rings. The largest absolute Gasteiger partial charge is 0.389 e. The van der Waals surface area contributed by atoms with Crippen molar-refractivity contribution in [2.75, 3.05) is 23.8 Å². The van der Waals surface area contributed by atoms with Gasteiger partial charge in [0, 0.05) is 31.5 Å². The third kappa shape index (κ3) is 4.66. The van der Waals surface area contributed by atoms with Crippen LogP contribution in [0.3, 0.4) is 0 Å². The Morgan fingerprint density at radius 3 is 2.80 bits per heavy atom. The molecule has 0 spiro atoms. The number of aromatic nitrogens is 6. The van der Waals surface area contributed by atoms with Gasteiger partial charge in [-0.05, 0) is 32.4 Å². The molecule has 0 saturated carbocycles. The quantitative estimate of drug-likeness (QED) is 0.365. The number of hydrogen-bond acceptors (Lipinski definition) is 8. The molecular formula is C23H26ClFN8O2. The summed E-state index contributed by atoms with van der Waals surface area (Å²) < 4.78 is 24.2. The minimum Gasteiger partial charge on any atom is -0.389 e. The summed E-state index contributed by atoms with van der Waals surface area (Å²) in [7, 11) is 1.82. The fourth-order valence-corrected chi connectivity index (χ4v) is 4.41. The number of aliphatic hydroxyl groups excluding tert-OH is 1. The molecule has 35 heavy (non-hydrogen) atoms. The smallest absolute Gasteiger partial charge is 0.223 e. The van der Waals surface area contributed by atoms with E-state index in [0.29, 0.717) is 41.7 Å². The van der Waals surface area contributed by atoms with Crippen molar-refractivity contribution >= 4 is 40.2 Å². The third-order valence-corrected chi connectivity index (χ3v) is 6.16. The summed E-state index contributed by atoms with van der Waals surface area (Å²) in [6.45, 7) is 4.78. The van der Waals surface area contributed by atoms with Gasteiger partial charge in [0.25, 0.3) is 0 Å². The van der Waals surface area contributed by atoms with E-state index in [1.807, 2.05) is 37.7 Å². The first-order valence-electron chi connectivity index (χ1n) is 11.3. The van der Waals surface area contributed by atoms with E-state index in [-0.39, 0.29) is 29.2 Å². The molecule has 12 heteroatoms. The normalized spacial score (nSPS) is 18.4. The van der Waals surface area contributed by atoms with E-state index >= 15 is 4.39 Å². The van der Waals surface area contributed by atoms with Crippen molar-refractivity contribution in [2.24, 2.45) is 7.05 Å². The molecule has 2 atom stereocenters. The molecule has 0 radical (unpaired) electrons. The molecule has 1 aliphatic rings. The number of rotatable bonds is 6. The fourth-order valence-electron chi connectivity index (χ4n) is 4.21. The molecule has 3 aromatic heterocycles. The molecule has 10 nitrogen and oxygen atoms in total. The summed E-state index contributed by atoms with van der Waals surface area (Å²) in [5, 5.41) is 21.0. The number of imidazole rings is 1. The van der Waals surface area contributed by atoms with Gasteiger partial charge in [-0.1, -0.05) is 11.6 Å². The zero-order valence-corrected chi connectivity index (χ0v) is 20.3. The highest BCUT2D eigenvalue weighted by Crippen LogP contribution is 2.34. The summed E-state index contributed by atoms with van der Waals surface area (Å²) in [5.74, 6) is 0.311. The zero-order chi connectivity index (χ0) is 24.7. The Hall–Kier alpha value is -3.28. The van der Waals surface area contributed by atoms with Gasteiger partial charge in [-0.15, -0.1) is 0 Å². The van der Waals surface area contributed by atoms with Crippen LogP contribution in [0.1, 0.15) is 26.3 Å². The van der Waals surface area contributed by atoms with Crippen LogP contribution in [0.2, 0.25) is 5.02 Å². The number of fused-ring (bicyclic) bond motifs is 1. The number of anilines is 3. The molecule has 0 aliphatic carbocycles. The van der Waals surface area contributed by atoms with Crippen molar-refractivity contribution in [3.05, 3.63) is 41.6 Å². The van der Waals surface area contributed by atoms with Gasteiger partial charge in [-0.3, -0.25) is 4.68 Å². The number of ether oxygens (including phenoxy) is 1. The van der Waals surface area contributed by atoms with Crippen LogP contribution in [0.4, 0.5) is 22.0 Å². The number of nitrogens with zero attached hydrogens (tertiary/aromatic N) is 6. The highest BCUT2D eigenvalue weighted by molar-refractivity contribution is 6.33. The molecule has 0 amide bonds. The Kier molecular flexibility index (Phi) is 6.30. The third-order valence-electron chi connectivity index (χ3n) is 5.88. The number of benzene rings is 1. The van der Waals surface area contributed by atoms with Crippen molar-refractivity contribution in [3.8, 4) is 11.3 Å². The molecule has 0 unspecified atom stereocenters. The minimum absolute atomic E-state index is 0.0121.